The van der Waals surface area contributed by atoms with Crippen molar-refractivity contribution < 1.29 is 9.53 Å². The van der Waals surface area contributed by atoms with Crippen molar-refractivity contribution in [2.75, 3.05) is 7.11 Å². The summed E-state index contributed by atoms with van der Waals surface area (Å²) in [5.41, 5.74) is 3.07. The molecule has 4 aromatic rings. The molecule has 2 heterocycles. The van der Waals surface area contributed by atoms with Gasteiger partial charge in [0.05, 0.1) is 30.2 Å². The standard InChI is InChI=1S/C23H22N4O2/c1-16(14-27-12-11-24-15-27)25-23(28)20-13-22(17-7-9-18(29-2)10-8-17)26-21-6-4-3-5-19(20)21/h3-13,15-16H,14H2,1-2H3,(H,25,28). The van der Waals surface area contributed by atoms with Crippen LogP contribution in [0.15, 0.2) is 73.3 Å². The highest BCUT2D eigenvalue weighted by atomic mass is 16.5. The maximum Gasteiger partial charge on any atom is 0.252 e. The van der Waals surface area contributed by atoms with Gasteiger partial charge in [0.15, 0.2) is 0 Å². The van der Waals surface area contributed by atoms with E-state index in [-0.39, 0.29) is 11.9 Å². The minimum Gasteiger partial charge on any atom is -0.497 e. The molecule has 146 valence electrons. The first kappa shape index (κ1) is 18.7. The van der Waals surface area contributed by atoms with Crippen LogP contribution in [0.25, 0.3) is 22.2 Å². The number of nitrogens with one attached hydrogen (secondary N) is 1. The fourth-order valence-electron chi connectivity index (χ4n) is 3.33. The average molecular weight is 386 g/mol. The van der Waals surface area contributed by atoms with Crippen LogP contribution in [-0.4, -0.2) is 33.6 Å². The highest BCUT2D eigenvalue weighted by Crippen LogP contribution is 2.26. The Kier molecular flexibility index (Phi) is 5.24. The minimum absolute atomic E-state index is 0.0481. The number of aromatic nitrogens is 3. The molecule has 1 amide bonds. The van der Waals surface area contributed by atoms with Crippen molar-refractivity contribution in [2.24, 2.45) is 0 Å². The van der Waals surface area contributed by atoms with E-state index < -0.39 is 0 Å². The Morgan fingerprint density at radius 3 is 2.69 bits per heavy atom. The molecule has 1 unspecified atom stereocenters. The van der Waals surface area contributed by atoms with E-state index in [0.29, 0.717) is 12.1 Å². The lowest BCUT2D eigenvalue weighted by Crippen LogP contribution is -2.35. The maximum atomic E-state index is 13.1. The zero-order chi connectivity index (χ0) is 20.2. The summed E-state index contributed by atoms with van der Waals surface area (Å²) in [6.07, 6.45) is 5.35. The van der Waals surface area contributed by atoms with E-state index in [1.54, 1.807) is 19.6 Å². The van der Waals surface area contributed by atoms with Gasteiger partial charge in [-0.1, -0.05) is 18.2 Å². The number of benzene rings is 2. The SMILES string of the molecule is COc1ccc(-c2cc(C(=O)NC(C)Cn3ccnc3)c3ccccc3n2)cc1. The van der Waals surface area contributed by atoms with E-state index in [1.807, 2.05) is 72.3 Å². The fourth-order valence-corrected chi connectivity index (χ4v) is 3.33. The van der Waals surface area contributed by atoms with E-state index >= 15 is 0 Å². The van der Waals surface area contributed by atoms with Gasteiger partial charge in [0.25, 0.3) is 5.91 Å². The minimum atomic E-state index is -0.119. The number of para-hydroxylation sites is 1. The Balaban J connectivity index is 1.67. The van der Waals surface area contributed by atoms with Gasteiger partial charge in [-0.25, -0.2) is 9.97 Å². The number of imidazole rings is 1. The molecule has 6 nitrogen and oxygen atoms in total. The number of nitrogens with zero attached hydrogens (tertiary/aromatic N) is 3. The van der Waals surface area contributed by atoms with Crippen LogP contribution < -0.4 is 10.1 Å². The molecule has 29 heavy (non-hydrogen) atoms. The number of amides is 1. The second-order valence-corrected chi connectivity index (χ2v) is 6.93. The van der Waals surface area contributed by atoms with Crippen molar-refractivity contribution in [2.45, 2.75) is 19.5 Å². The molecule has 4 rings (SSSR count). The quantitative estimate of drug-likeness (QED) is 0.545. The number of ether oxygens (including phenoxy) is 1. The Hall–Kier alpha value is -3.67. The Morgan fingerprint density at radius 2 is 1.97 bits per heavy atom. The van der Waals surface area contributed by atoms with Gasteiger partial charge in [0.2, 0.25) is 0 Å². The Labute approximate surface area is 169 Å². The molecule has 0 aliphatic rings. The lowest BCUT2D eigenvalue weighted by atomic mass is 10.0. The molecular weight excluding hydrogens is 364 g/mol. The van der Waals surface area contributed by atoms with Crippen LogP contribution in [-0.2, 0) is 6.54 Å². The van der Waals surface area contributed by atoms with Crippen molar-refractivity contribution in [3.63, 3.8) is 0 Å². The summed E-state index contributed by atoms with van der Waals surface area (Å²) >= 11 is 0. The Morgan fingerprint density at radius 1 is 1.17 bits per heavy atom. The molecule has 0 aliphatic carbocycles. The maximum absolute atomic E-state index is 13.1. The van der Waals surface area contributed by atoms with Crippen LogP contribution in [0, 0.1) is 0 Å². The van der Waals surface area contributed by atoms with Crippen molar-refractivity contribution in [1.82, 2.24) is 19.9 Å². The molecule has 6 heteroatoms. The highest BCUT2D eigenvalue weighted by molar-refractivity contribution is 6.07. The number of hydrogen-bond acceptors (Lipinski definition) is 4. The van der Waals surface area contributed by atoms with Gasteiger partial charge in [0.1, 0.15) is 5.75 Å². The highest BCUT2D eigenvalue weighted by Gasteiger charge is 2.16. The number of carbonyl (C=O) groups is 1. The number of fused-ring (bicyclic) bond motifs is 1. The summed E-state index contributed by atoms with van der Waals surface area (Å²) in [7, 11) is 1.64. The predicted octanol–water partition coefficient (Wildman–Crippen LogP) is 3.93. The molecule has 0 aliphatic heterocycles. The van der Waals surface area contributed by atoms with E-state index in [2.05, 4.69) is 10.3 Å². The summed E-state index contributed by atoms with van der Waals surface area (Å²) in [5, 5.41) is 3.92. The largest absolute Gasteiger partial charge is 0.497 e. The topological polar surface area (TPSA) is 69.0 Å². The summed E-state index contributed by atoms with van der Waals surface area (Å²) < 4.78 is 7.18. The summed E-state index contributed by atoms with van der Waals surface area (Å²) in [5.74, 6) is 0.659. The van der Waals surface area contributed by atoms with E-state index in [1.165, 1.54) is 0 Å². The molecule has 0 spiro atoms. The molecule has 0 saturated carbocycles. The lowest BCUT2D eigenvalue weighted by molar-refractivity contribution is 0.0938. The average Bonchev–Trinajstić information content (AvgIpc) is 3.25. The number of hydrogen-bond donors (Lipinski definition) is 1. The summed E-state index contributed by atoms with van der Waals surface area (Å²) in [4.78, 5) is 21.9. The van der Waals surface area contributed by atoms with Crippen molar-refractivity contribution in [3.05, 3.63) is 78.9 Å². The molecule has 0 radical (unpaired) electrons. The van der Waals surface area contributed by atoms with Crippen LogP contribution >= 0.6 is 0 Å². The predicted molar refractivity (Wildman–Crippen MR) is 113 cm³/mol. The van der Waals surface area contributed by atoms with Gasteiger partial charge in [-0.05, 0) is 43.3 Å². The lowest BCUT2D eigenvalue weighted by Gasteiger charge is -2.16. The third kappa shape index (κ3) is 4.11. The monoisotopic (exact) mass is 386 g/mol. The Bertz CT molecular complexity index is 1120. The zero-order valence-corrected chi connectivity index (χ0v) is 16.4. The van der Waals surface area contributed by atoms with Crippen LogP contribution in [0.5, 0.6) is 5.75 Å². The van der Waals surface area contributed by atoms with E-state index in [9.17, 15) is 4.79 Å². The normalized spacial score (nSPS) is 11.9. The van der Waals surface area contributed by atoms with Crippen molar-refractivity contribution in [3.8, 4) is 17.0 Å². The van der Waals surface area contributed by atoms with Gasteiger partial charge < -0.3 is 14.6 Å². The first-order chi connectivity index (χ1) is 14.1. The van der Waals surface area contributed by atoms with Crippen molar-refractivity contribution in [1.29, 1.82) is 0 Å². The fraction of sp³-hybridized carbons (Fsp3) is 0.174. The van der Waals surface area contributed by atoms with Crippen LogP contribution in [0.4, 0.5) is 0 Å². The van der Waals surface area contributed by atoms with Gasteiger partial charge in [-0.15, -0.1) is 0 Å². The second-order valence-electron chi connectivity index (χ2n) is 6.93. The number of methoxy groups -OCH3 is 1. The molecule has 0 bridgehead atoms. The molecular formula is C23H22N4O2. The number of rotatable bonds is 6. The molecule has 2 aromatic heterocycles. The second kappa shape index (κ2) is 8.14. The van der Waals surface area contributed by atoms with Gasteiger partial charge in [0, 0.05) is 35.9 Å². The summed E-state index contributed by atoms with van der Waals surface area (Å²) in [6, 6.07) is 17.2. The third-order valence-corrected chi connectivity index (χ3v) is 4.77. The molecule has 0 saturated heterocycles. The van der Waals surface area contributed by atoms with Gasteiger partial charge >= 0.3 is 0 Å². The summed E-state index contributed by atoms with van der Waals surface area (Å²) in [6.45, 7) is 2.63. The molecule has 2 aromatic carbocycles. The molecule has 0 fully saturated rings. The number of pyridine rings is 1. The zero-order valence-electron chi connectivity index (χ0n) is 16.4. The first-order valence-corrected chi connectivity index (χ1v) is 9.45. The molecule has 1 N–H and O–H groups in total. The number of carbonyl (C=O) groups excluding carboxylic acids is 1. The smallest absolute Gasteiger partial charge is 0.252 e. The van der Waals surface area contributed by atoms with Gasteiger partial charge in [-0.2, -0.15) is 0 Å². The van der Waals surface area contributed by atoms with E-state index in [4.69, 9.17) is 9.72 Å². The van der Waals surface area contributed by atoms with Crippen LogP contribution in [0.1, 0.15) is 17.3 Å². The molecule has 1 atom stereocenters. The van der Waals surface area contributed by atoms with Crippen LogP contribution in [0.3, 0.4) is 0 Å². The van der Waals surface area contributed by atoms with Crippen molar-refractivity contribution >= 4 is 16.8 Å². The van der Waals surface area contributed by atoms with Gasteiger partial charge in [-0.3, -0.25) is 4.79 Å². The first-order valence-electron chi connectivity index (χ1n) is 9.45. The van der Waals surface area contributed by atoms with Crippen LogP contribution in [0.2, 0.25) is 0 Å². The van der Waals surface area contributed by atoms with E-state index in [0.717, 1.165) is 27.9 Å². The third-order valence-electron chi connectivity index (χ3n) is 4.77.